The first-order valence-corrected chi connectivity index (χ1v) is 6.70. The zero-order valence-electron chi connectivity index (χ0n) is 11.2. The van der Waals surface area contributed by atoms with E-state index in [1.54, 1.807) is 4.90 Å². The fourth-order valence-corrected chi connectivity index (χ4v) is 2.02. The van der Waals surface area contributed by atoms with E-state index in [-0.39, 0.29) is 11.8 Å². The standard InChI is InChI=1S/C13H24N2O2/c1-4-7-10-14-11(16)13(8-9-13)12(17)15(5-2)6-3/h4-10H2,1-3H3,(H,14,16). The number of rotatable bonds is 7. The van der Waals surface area contributed by atoms with Gasteiger partial charge in [0.1, 0.15) is 5.41 Å². The maximum Gasteiger partial charge on any atom is 0.238 e. The number of hydrogen-bond donors (Lipinski definition) is 1. The molecule has 1 rings (SSSR count). The number of hydrogen-bond acceptors (Lipinski definition) is 2. The molecule has 2 amide bonds. The van der Waals surface area contributed by atoms with Gasteiger partial charge in [-0.25, -0.2) is 0 Å². The highest BCUT2D eigenvalue weighted by Gasteiger charge is 2.57. The predicted molar refractivity (Wildman–Crippen MR) is 67.5 cm³/mol. The minimum Gasteiger partial charge on any atom is -0.355 e. The summed E-state index contributed by atoms with van der Waals surface area (Å²) in [6.45, 7) is 8.03. The summed E-state index contributed by atoms with van der Waals surface area (Å²) in [6.07, 6.45) is 3.44. The molecule has 0 aromatic heterocycles. The average molecular weight is 240 g/mol. The van der Waals surface area contributed by atoms with Crippen LogP contribution in [-0.4, -0.2) is 36.3 Å². The normalized spacial score (nSPS) is 16.4. The smallest absolute Gasteiger partial charge is 0.238 e. The maximum atomic E-state index is 12.2. The molecule has 0 radical (unpaired) electrons. The van der Waals surface area contributed by atoms with Gasteiger partial charge < -0.3 is 10.2 Å². The predicted octanol–water partition coefficient (Wildman–Crippen LogP) is 1.55. The van der Waals surface area contributed by atoms with E-state index in [0.717, 1.165) is 12.8 Å². The molecule has 0 saturated heterocycles. The molecule has 0 aromatic rings. The van der Waals surface area contributed by atoms with Crippen LogP contribution in [-0.2, 0) is 9.59 Å². The van der Waals surface area contributed by atoms with Gasteiger partial charge >= 0.3 is 0 Å². The molecule has 4 nitrogen and oxygen atoms in total. The summed E-state index contributed by atoms with van der Waals surface area (Å²) in [6, 6.07) is 0. The quantitative estimate of drug-likeness (QED) is 0.542. The molecule has 0 unspecified atom stereocenters. The first-order chi connectivity index (χ1) is 8.12. The minimum absolute atomic E-state index is 0.0106. The lowest BCUT2D eigenvalue weighted by molar-refractivity contribution is -0.143. The summed E-state index contributed by atoms with van der Waals surface area (Å²) in [5.74, 6) is -0.0562. The van der Waals surface area contributed by atoms with Crippen molar-refractivity contribution in [2.45, 2.75) is 46.5 Å². The summed E-state index contributed by atoms with van der Waals surface area (Å²) in [5, 5.41) is 2.88. The monoisotopic (exact) mass is 240 g/mol. The SMILES string of the molecule is CCCCNC(=O)C1(C(=O)N(CC)CC)CC1. The van der Waals surface area contributed by atoms with Crippen molar-refractivity contribution >= 4 is 11.8 Å². The van der Waals surface area contributed by atoms with Gasteiger partial charge in [-0.3, -0.25) is 9.59 Å². The summed E-state index contributed by atoms with van der Waals surface area (Å²) in [5.41, 5.74) is -0.722. The summed E-state index contributed by atoms with van der Waals surface area (Å²) in [4.78, 5) is 26.0. The van der Waals surface area contributed by atoms with Crippen LogP contribution in [0.5, 0.6) is 0 Å². The zero-order chi connectivity index (χ0) is 12.9. The highest BCUT2D eigenvalue weighted by Crippen LogP contribution is 2.47. The first-order valence-electron chi connectivity index (χ1n) is 6.70. The third kappa shape index (κ3) is 2.99. The summed E-state index contributed by atoms with van der Waals surface area (Å²) in [7, 11) is 0. The van der Waals surface area contributed by atoms with Crippen LogP contribution < -0.4 is 5.32 Å². The van der Waals surface area contributed by atoms with Gasteiger partial charge in [0.05, 0.1) is 0 Å². The number of nitrogens with one attached hydrogen (secondary N) is 1. The molecular weight excluding hydrogens is 216 g/mol. The van der Waals surface area contributed by atoms with Crippen molar-refractivity contribution in [1.29, 1.82) is 0 Å². The number of unbranched alkanes of at least 4 members (excludes halogenated alkanes) is 1. The van der Waals surface area contributed by atoms with Gasteiger partial charge in [-0.2, -0.15) is 0 Å². The molecule has 1 aliphatic carbocycles. The van der Waals surface area contributed by atoms with Gasteiger partial charge in [-0.15, -0.1) is 0 Å². The lowest BCUT2D eigenvalue weighted by Gasteiger charge is -2.24. The summed E-state index contributed by atoms with van der Waals surface area (Å²) < 4.78 is 0. The van der Waals surface area contributed by atoms with Crippen LogP contribution in [0.25, 0.3) is 0 Å². The second-order valence-corrected chi connectivity index (χ2v) is 4.67. The van der Waals surface area contributed by atoms with Crippen LogP contribution in [0.15, 0.2) is 0 Å². The van der Waals surface area contributed by atoms with Crippen LogP contribution in [0, 0.1) is 5.41 Å². The van der Waals surface area contributed by atoms with Crippen molar-refractivity contribution in [1.82, 2.24) is 10.2 Å². The molecule has 0 bridgehead atoms. The zero-order valence-corrected chi connectivity index (χ0v) is 11.2. The Balaban J connectivity index is 2.55. The number of carbonyl (C=O) groups is 2. The van der Waals surface area contributed by atoms with Gasteiger partial charge in [0.25, 0.3) is 0 Å². The van der Waals surface area contributed by atoms with Gasteiger partial charge in [0, 0.05) is 19.6 Å². The minimum atomic E-state index is -0.722. The molecule has 0 atom stereocenters. The first kappa shape index (κ1) is 14.0. The molecule has 98 valence electrons. The van der Waals surface area contributed by atoms with Crippen molar-refractivity contribution in [2.24, 2.45) is 5.41 Å². The van der Waals surface area contributed by atoms with Crippen molar-refractivity contribution in [3.8, 4) is 0 Å². The van der Waals surface area contributed by atoms with Crippen LogP contribution in [0.4, 0.5) is 0 Å². The lowest BCUT2D eigenvalue weighted by Crippen LogP contribution is -2.45. The highest BCUT2D eigenvalue weighted by atomic mass is 16.2. The van der Waals surface area contributed by atoms with Gasteiger partial charge in [-0.1, -0.05) is 13.3 Å². The van der Waals surface area contributed by atoms with Crippen molar-refractivity contribution in [2.75, 3.05) is 19.6 Å². The second-order valence-electron chi connectivity index (χ2n) is 4.67. The summed E-state index contributed by atoms with van der Waals surface area (Å²) >= 11 is 0. The topological polar surface area (TPSA) is 49.4 Å². The Morgan fingerprint density at radius 3 is 2.18 bits per heavy atom. The Bertz CT molecular complexity index is 281. The third-order valence-electron chi connectivity index (χ3n) is 3.46. The number of nitrogens with zero attached hydrogens (tertiary/aromatic N) is 1. The Kier molecular flexibility index (Phi) is 4.97. The fourth-order valence-electron chi connectivity index (χ4n) is 2.02. The maximum absolute atomic E-state index is 12.2. The molecule has 0 aliphatic heterocycles. The molecule has 4 heteroatoms. The Hall–Kier alpha value is -1.06. The van der Waals surface area contributed by atoms with E-state index in [2.05, 4.69) is 12.2 Å². The average Bonchev–Trinajstić information content (AvgIpc) is 3.12. The van der Waals surface area contributed by atoms with Crippen LogP contribution >= 0.6 is 0 Å². The van der Waals surface area contributed by atoms with Gasteiger partial charge in [0.2, 0.25) is 11.8 Å². The van der Waals surface area contributed by atoms with Crippen LogP contribution in [0.3, 0.4) is 0 Å². The highest BCUT2D eigenvalue weighted by molar-refractivity contribution is 6.07. The van der Waals surface area contributed by atoms with Gasteiger partial charge in [0.15, 0.2) is 0 Å². The molecule has 1 fully saturated rings. The largest absolute Gasteiger partial charge is 0.355 e. The number of carbonyl (C=O) groups excluding carboxylic acids is 2. The molecule has 1 saturated carbocycles. The molecule has 1 aliphatic rings. The van der Waals surface area contributed by atoms with E-state index in [4.69, 9.17) is 0 Å². The van der Waals surface area contributed by atoms with E-state index >= 15 is 0 Å². The van der Waals surface area contributed by atoms with Crippen molar-refractivity contribution < 1.29 is 9.59 Å². The van der Waals surface area contributed by atoms with Crippen LogP contribution in [0.1, 0.15) is 46.5 Å². The van der Waals surface area contributed by atoms with E-state index in [1.807, 2.05) is 13.8 Å². The van der Waals surface area contributed by atoms with Crippen LogP contribution in [0.2, 0.25) is 0 Å². The van der Waals surface area contributed by atoms with E-state index in [1.165, 1.54) is 0 Å². The van der Waals surface area contributed by atoms with E-state index in [9.17, 15) is 9.59 Å². The van der Waals surface area contributed by atoms with Crippen molar-refractivity contribution in [3.05, 3.63) is 0 Å². The molecule has 1 N–H and O–H groups in total. The molecule has 0 heterocycles. The Morgan fingerprint density at radius 1 is 1.18 bits per heavy atom. The molecule has 17 heavy (non-hydrogen) atoms. The second kappa shape index (κ2) is 6.03. The lowest BCUT2D eigenvalue weighted by atomic mass is 10.0. The van der Waals surface area contributed by atoms with Crippen molar-refractivity contribution in [3.63, 3.8) is 0 Å². The Labute approximate surface area is 104 Å². The van der Waals surface area contributed by atoms with Gasteiger partial charge in [-0.05, 0) is 33.1 Å². The molecule has 0 spiro atoms. The van der Waals surface area contributed by atoms with E-state index < -0.39 is 5.41 Å². The Morgan fingerprint density at radius 2 is 1.76 bits per heavy atom. The molecule has 0 aromatic carbocycles. The third-order valence-corrected chi connectivity index (χ3v) is 3.46. The number of amides is 2. The fraction of sp³-hybridized carbons (Fsp3) is 0.846. The molecular formula is C13H24N2O2. The van der Waals surface area contributed by atoms with E-state index in [0.29, 0.717) is 32.5 Å².